The molecular weight excluding hydrogens is 618 g/mol. The number of carbonyl (C=O) groups is 2. The molecule has 0 aromatic rings. The number of esters is 2. The van der Waals surface area contributed by atoms with Crippen LogP contribution in [0.15, 0.2) is 48.6 Å². The number of nitrogens with zero attached hydrogens (tertiary/aromatic N) is 1. The fraction of sp³-hybridized carbons (Fsp3) is 0.762. The zero-order chi connectivity index (χ0) is 34.7. The third-order valence-electron chi connectivity index (χ3n) is 8.14. The van der Waals surface area contributed by atoms with Crippen LogP contribution in [0, 0.1) is 0 Å². The summed E-state index contributed by atoms with van der Waals surface area (Å²) in [4.78, 5) is 24.9. The molecule has 6 heteroatoms. The van der Waals surface area contributed by atoms with Gasteiger partial charge in [0.2, 0.25) is 0 Å². The Bertz CT molecular complexity index is 843. The summed E-state index contributed by atoms with van der Waals surface area (Å²) in [5.74, 6) is -0.370. The summed E-state index contributed by atoms with van der Waals surface area (Å²) in [6.45, 7) is 5.24. The zero-order valence-electron chi connectivity index (χ0n) is 32.0. The fourth-order valence-corrected chi connectivity index (χ4v) is 5.40. The molecule has 0 amide bonds. The zero-order valence-corrected chi connectivity index (χ0v) is 32.8. The highest BCUT2D eigenvalue weighted by atomic mass is 35.5. The minimum absolute atomic E-state index is 0. The van der Waals surface area contributed by atoms with Crippen molar-refractivity contribution >= 4 is 11.9 Å². The molecule has 0 saturated carbocycles. The molecule has 0 heterocycles. The van der Waals surface area contributed by atoms with Crippen molar-refractivity contribution in [1.82, 2.24) is 0 Å². The van der Waals surface area contributed by atoms with Gasteiger partial charge in [0.15, 0.2) is 6.10 Å². The number of ether oxygens (including phenoxy) is 2. The Labute approximate surface area is 304 Å². The molecule has 0 aliphatic heterocycles. The van der Waals surface area contributed by atoms with E-state index in [1.165, 1.54) is 77.0 Å². The van der Waals surface area contributed by atoms with E-state index in [4.69, 9.17) is 9.47 Å². The van der Waals surface area contributed by atoms with E-state index in [0.717, 1.165) is 64.2 Å². The minimum Gasteiger partial charge on any atom is -1.00 e. The number of quaternary nitrogens is 1. The third kappa shape index (κ3) is 38.6. The predicted molar refractivity (Wildman–Crippen MR) is 202 cm³/mol. The first-order valence-electron chi connectivity index (χ1n) is 19.5. The molecule has 1 unspecified atom stereocenters. The van der Waals surface area contributed by atoms with Crippen LogP contribution in [0.25, 0.3) is 0 Å². The Hall–Kier alpha value is -1.85. The summed E-state index contributed by atoms with van der Waals surface area (Å²) >= 11 is 0. The number of unbranched alkanes of at least 4 members (excludes halogenated alkanes) is 16. The van der Waals surface area contributed by atoms with Gasteiger partial charge >= 0.3 is 11.9 Å². The van der Waals surface area contributed by atoms with Crippen LogP contribution >= 0.6 is 0 Å². The highest BCUT2D eigenvalue weighted by molar-refractivity contribution is 5.70. The van der Waals surface area contributed by atoms with E-state index in [-0.39, 0.29) is 31.0 Å². The third-order valence-corrected chi connectivity index (χ3v) is 8.14. The molecule has 0 aromatic heterocycles. The topological polar surface area (TPSA) is 52.6 Å². The minimum atomic E-state index is -0.408. The molecule has 0 N–H and O–H groups in total. The van der Waals surface area contributed by atoms with Crippen LogP contribution in [0.3, 0.4) is 0 Å². The van der Waals surface area contributed by atoms with Gasteiger partial charge in [0, 0.05) is 12.8 Å². The molecule has 280 valence electrons. The highest BCUT2D eigenvalue weighted by Gasteiger charge is 2.23. The quantitative estimate of drug-likeness (QED) is 0.0299. The number of rotatable bonds is 33. The molecule has 0 radical (unpaired) electrons. The summed E-state index contributed by atoms with van der Waals surface area (Å²) in [5.41, 5.74) is 0. The number of allylic oxidation sites excluding steroid dienone is 8. The summed E-state index contributed by atoms with van der Waals surface area (Å²) < 4.78 is 12.0. The van der Waals surface area contributed by atoms with E-state index in [9.17, 15) is 9.59 Å². The van der Waals surface area contributed by atoms with E-state index in [2.05, 4.69) is 83.6 Å². The normalized spacial score (nSPS) is 12.8. The summed E-state index contributed by atoms with van der Waals surface area (Å²) in [6, 6.07) is 0. The standard InChI is InChI=1S/C42H76NO4.ClH/c1-6-8-10-12-14-16-18-20-22-24-26-28-30-32-34-36-41(44)46-39-40(38-43(3,4)5)47-42(45)37-35-33-31-29-27-25-23-21-19-17-15-13-11-9-7-2;/h14-17,20-23,40H,6-13,18-19,24-39H2,1-5H3;1H/q+1;/p-1/b16-14-,17-15-,22-20-,23-21-;. The summed E-state index contributed by atoms with van der Waals surface area (Å²) in [5, 5.41) is 0. The van der Waals surface area contributed by atoms with Crippen LogP contribution < -0.4 is 12.4 Å². The Kier molecular flexibility index (Phi) is 36.6. The molecular formula is C42H76ClNO4. The van der Waals surface area contributed by atoms with Crippen LogP contribution in [0.4, 0.5) is 0 Å². The van der Waals surface area contributed by atoms with Crippen molar-refractivity contribution in [3.63, 3.8) is 0 Å². The highest BCUT2D eigenvalue weighted by Crippen LogP contribution is 2.12. The summed E-state index contributed by atoms with van der Waals surface area (Å²) in [7, 11) is 6.18. The van der Waals surface area contributed by atoms with Gasteiger partial charge in [-0.1, -0.05) is 127 Å². The number of hydrogen-bond donors (Lipinski definition) is 0. The van der Waals surface area contributed by atoms with Gasteiger partial charge in [-0.05, 0) is 77.0 Å². The van der Waals surface area contributed by atoms with Crippen molar-refractivity contribution in [3.8, 4) is 0 Å². The van der Waals surface area contributed by atoms with Gasteiger partial charge in [-0.25, -0.2) is 0 Å². The monoisotopic (exact) mass is 694 g/mol. The molecule has 0 aliphatic rings. The van der Waals surface area contributed by atoms with Gasteiger partial charge in [-0.3, -0.25) is 9.59 Å². The summed E-state index contributed by atoms with van der Waals surface area (Å²) in [6.07, 6.45) is 44.2. The molecule has 0 spiro atoms. The van der Waals surface area contributed by atoms with Gasteiger partial charge in [0.25, 0.3) is 0 Å². The molecule has 5 nitrogen and oxygen atoms in total. The largest absolute Gasteiger partial charge is 1.00 e. The van der Waals surface area contributed by atoms with E-state index in [1.807, 2.05) is 0 Å². The van der Waals surface area contributed by atoms with Crippen molar-refractivity contribution in [2.24, 2.45) is 0 Å². The van der Waals surface area contributed by atoms with Crippen molar-refractivity contribution in [2.45, 2.75) is 174 Å². The Morgan fingerprint density at radius 2 is 0.896 bits per heavy atom. The molecule has 0 aromatic carbocycles. The number of hydrogen-bond acceptors (Lipinski definition) is 4. The lowest BCUT2D eigenvalue weighted by atomic mass is 10.1. The molecule has 0 saturated heterocycles. The lowest BCUT2D eigenvalue weighted by molar-refractivity contribution is -0.873. The van der Waals surface area contributed by atoms with Gasteiger partial charge in [0.1, 0.15) is 13.2 Å². The van der Waals surface area contributed by atoms with E-state index >= 15 is 0 Å². The second-order valence-electron chi connectivity index (χ2n) is 14.2. The Morgan fingerprint density at radius 3 is 1.31 bits per heavy atom. The maximum absolute atomic E-state index is 12.6. The molecule has 0 fully saturated rings. The van der Waals surface area contributed by atoms with Crippen LogP contribution in [-0.4, -0.2) is 56.8 Å². The van der Waals surface area contributed by atoms with Crippen molar-refractivity contribution in [2.75, 3.05) is 34.3 Å². The number of halogens is 1. The van der Waals surface area contributed by atoms with E-state index in [1.54, 1.807) is 0 Å². The smallest absolute Gasteiger partial charge is 0.306 e. The van der Waals surface area contributed by atoms with Crippen LogP contribution in [0.5, 0.6) is 0 Å². The molecule has 0 rings (SSSR count). The first kappa shape index (κ1) is 48.3. The van der Waals surface area contributed by atoms with Gasteiger partial charge < -0.3 is 26.4 Å². The van der Waals surface area contributed by atoms with Crippen molar-refractivity contribution in [3.05, 3.63) is 48.6 Å². The van der Waals surface area contributed by atoms with Crippen LogP contribution in [0.2, 0.25) is 0 Å². The van der Waals surface area contributed by atoms with Crippen molar-refractivity contribution in [1.29, 1.82) is 0 Å². The molecule has 48 heavy (non-hydrogen) atoms. The van der Waals surface area contributed by atoms with Crippen molar-refractivity contribution < 1.29 is 36.0 Å². The van der Waals surface area contributed by atoms with Crippen LogP contribution in [0.1, 0.15) is 168 Å². The molecule has 1 atom stereocenters. The second kappa shape index (κ2) is 36.4. The Balaban J connectivity index is 0. The average molecular weight is 695 g/mol. The SMILES string of the molecule is CCCCC/C=C\C/C=C\CCCCCCCC(=O)OCC(C[N+](C)(C)C)OC(=O)CCCCCCC/C=C\C/C=C\CCCCC.[Cl-]. The average Bonchev–Trinajstić information content (AvgIpc) is 3.03. The first-order valence-corrected chi connectivity index (χ1v) is 19.5. The second-order valence-corrected chi connectivity index (χ2v) is 14.2. The maximum atomic E-state index is 12.6. The Morgan fingerprint density at radius 1 is 0.521 bits per heavy atom. The molecule has 0 bridgehead atoms. The lowest BCUT2D eigenvalue weighted by Crippen LogP contribution is -3.00. The maximum Gasteiger partial charge on any atom is 0.306 e. The van der Waals surface area contributed by atoms with E-state index in [0.29, 0.717) is 23.9 Å². The molecule has 0 aliphatic carbocycles. The predicted octanol–water partition coefficient (Wildman–Crippen LogP) is 8.78. The number of carbonyl (C=O) groups excluding carboxylic acids is 2. The van der Waals surface area contributed by atoms with Gasteiger partial charge in [0.05, 0.1) is 21.1 Å². The van der Waals surface area contributed by atoms with Crippen LogP contribution in [-0.2, 0) is 19.1 Å². The first-order chi connectivity index (χ1) is 22.8. The van der Waals surface area contributed by atoms with Gasteiger partial charge in [-0.15, -0.1) is 0 Å². The number of likely N-dealkylation sites (N-methyl/N-ethyl adjacent to an activating group) is 1. The van der Waals surface area contributed by atoms with Gasteiger partial charge in [-0.2, -0.15) is 0 Å². The van der Waals surface area contributed by atoms with E-state index < -0.39 is 6.10 Å². The lowest BCUT2D eigenvalue weighted by Gasteiger charge is -2.28. The fourth-order valence-electron chi connectivity index (χ4n) is 5.40.